The van der Waals surface area contributed by atoms with E-state index < -0.39 is 0 Å². The molecule has 1 aliphatic heterocycles. The zero-order chi connectivity index (χ0) is 11.0. The highest BCUT2D eigenvalue weighted by Crippen LogP contribution is 2.29. The van der Waals surface area contributed by atoms with Crippen molar-refractivity contribution >= 4 is 6.21 Å². The molecule has 1 aliphatic rings. The second-order valence-corrected chi connectivity index (χ2v) is 4.25. The lowest BCUT2D eigenvalue weighted by Crippen LogP contribution is -3.00. The molecule has 2 N–H and O–H groups in total. The van der Waals surface area contributed by atoms with Gasteiger partial charge in [-0.2, -0.15) is 0 Å². The summed E-state index contributed by atoms with van der Waals surface area (Å²) >= 11 is 0. The average molecular weight is 242 g/mol. The second-order valence-electron chi connectivity index (χ2n) is 4.25. The molecule has 3 nitrogen and oxygen atoms in total. The van der Waals surface area contributed by atoms with Gasteiger partial charge >= 0.3 is 0 Å². The van der Waals surface area contributed by atoms with Crippen LogP contribution < -0.4 is 12.4 Å². The van der Waals surface area contributed by atoms with Crippen LogP contribution in [-0.4, -0.2) is 33.6 Å². The van der Waals surface area contributed by atoms with E-state index in [0.29, 0.717) is 6.04 Å². The Hall–Kier alpha value is -1.22. The van der Waals surface area contributed by atoms with E-state index in [4.69, 9.17) is 0 Å². The van der Waals surface area contributed by atoms with Crippen LogP contribution in [-0.2, 0) is 6.42 Å². The number of hydrogen-bond acceptors (Lipinski definition) is 2. The third-order valence-electron chi connectivity index (χ3n) is 2.84. The van der Waals surface area contributed by atoms with Gasteiger partial charge in [-0.15, -0.1) is 0 Å². The van der Waals surface area contributed by atoms with E-state index >= 15 is 0 Å². The summed E-state index contributed by atoms with van der Waals surface area (Å²) in [6.07, 6.45) is 2.96. The minimum Gasteiger partial charge on any atom is -1.00 e. The van der Waals surface area contributed by atoms with Crippen molar-refractivity contribution in [3.05, 3.63) is 23.3 Å². The van der Waals surface area contributed by atoms with Crippen LogP contribution in [0, 0.1) is 0 Å². The molecule has 4 heteroatoms. The Morgan fingerprint density at radius 2 is 1.81 bits per heavy atom. The fraction of sp³-hybridized carbons (Fsp3) is 0.417. The van der Waals surface area contributed by atoms with Gasteiger partial charge in [-0.05, 0) is 31.5 Å². The molecular weight excluding hydrogens is 226 g/mol. The van der Waals surface area contributed by atoms with Crippen LogP contribution in [0.2, 0.25) is 0 Å². The lowest BCUT2D eigenvalue weighted by molar-refractivity contribution is -0.554. The maximum absolute atomic E-state index is 9.41. The smallest absolute Gasteiger partial charge is 0.171 e. The summed E-state index contributed by atoms with van der Waals surface area (Å²) in [5.41, 5.74) is 2.10. The molecule has 0 aliphatic carbocycles. The molecule has 0 saturated carbocycles. The summed E-state index contributed by atoms with van der Waals surface area (Å²) in [5.74, 6) is -0.0734. The SMILES string of the molecule is CC(C)[N+]1=Cc2cc(O)c(O)cc2CC1.[Cl-]. The number of halogens is 1. The summed E-state index contributed by atoms with van der Waals surface area (Å²) in [6.45, 7) is 5.25. The molecule has 0 fully saturated rings. The number of aromatic hydroxyl groups is 2. The molecule has 0 unspecified atom stereocenters. The summed E-state index contributed by atoms with van der Waals surface area (Å²) in [5, 5.41) is 18.8. The molecule has 0 radical (unpaired) electrons. The molecule has 2 rings (SSSR count). The van der Waals surface area contributed by atoms with Crippen molar-refractivity contribution in [3.63, 3.8) is 0 Å². The Kier molecular flexibility index (Phi) is 3.81. The van der Waals surface area contributed by atoms with Crippen LogP contribution in [0.4, 0.5) is 0 Å². The lowest BCUT2D eigenvalue weighted by atomic mass is 10.0. The maximum atomic E-state index is 9.41. The first-order chi connectivity index (χ1) is 7.08. The molecule has 1 heterocycles. The van der Waals surface area contributed by atoms with Gasteiger partial charge in [0.05, 0.1) is 0 Å². The van der Waals surface area contributed by atoms with Gasteiger partial charge in [0.1, 0.15) is 12.6 Å². The highest BCUT2D eigenvalue weighted by Gasteiger charge is 2.19. The minimum atomic E-state index is -0.0457. The van der Waals surface area contributed by atoms with Crippen LogP contribution in [0.15, 0.2) is 12.1 Å². The van der Waals surface area contributed by atoms with E-state index in [2.05, 4.69) is 18.4 Å². The molecule has 0 amide bonds. The predicted octanol–water partition coefficient (Wildman–Crippen LogP) is -1.50. The normalized spacial score (nSPS) is 14.1. The highest BCUT2D eigenvalue weighted by molar-refractivity contribution is 5.80. The topological polar surface area (TPSA) is 43.5 Å². The Morgan fingerprint density at radius 3 is 2.44 bits per heavy atom. The molecule has 0 aromatic heterocycles. The summed E-state index contributed by atoms with van der Waals surface area (Å²) in [6, 6.07) is 3.74. The van der Waals surface area contributed by atoms with Crippen molar-refractivity contribution in [1.29, 1.82) is 0 Å². The Morgan fingerprint density at radius 1 is 1.19 bits per heavy atom. The summed E-state index contributed by atoms with van der Waals surface area (Å²) in [4.78, 5) is 0. The molecule has 16 heavy (non-hydrogen) atoms. The molecule has 0 saturated heterocycles. The van der Waals surface area contributed by atoms with Crippen LogP contribution in [0.3, 0.4) is 0 Å². The van der Waals surface area contributed by atoms with Crippen molar-refractivity contribution < 1.29 is 27.2 Å². The van der Waals surface area contributed by atoms with Gasteiger partial charge < -0.3 is 22.6 Å². The third-order valence-corrected chi connectivity index (χ3v) is 2.84. The van der Waals surface area contributed by atoms with E-state index in [9.17, 15) is 10.2 Å². The molecule has 1 aromatic rings. The van der Waals surface area contributed by atoms with E-state index in [1.165, 1.54) is 0 Å². The van der Waals surface area contributed by atoms with Gasteiger partial charge in [0, 0.05) is 12.0 Å². The lowest BCUT2D eigenvalue weighted by Gasteiger charge is -2.15. The van der Waals surface area contributed by atoms with E-state index in [0.717, 1.165) is 24.1 Å². The number of fused-ring (bicyclic) bond motifs is 1. The van der Waals surface area contributed by atoms with E-state index in [1.54, 1.807) is 12.1 Å². The van der Waals surface area contributed by atoms with Crippen molar-refractivity contribution in [2.24, 2.45) is 0 Å². The van der Waals surface area contributed by atoms with Crippen molar-refractivity contribution in [2.75, 3.05) is 6.54 Å². The maximum Gasteiger partial charge on any atom is 0.171 e. The molecular formula is C12H16ClNO2. The molecule has 0 atom stereocenters. The summed E-state index contributed by atoms with van der Waals surface area (Å²) in [7, 11) is 0. The first-order valence-electron chi connectivity index (χ1n) is 5.23. The Labute approximate surface area is 101 Å². The van der Waals surface area contributed by atoms with Gasteiger partial charge in [0.2, 0.25) is 0 Å². The first-order valence-corrected chi connectivity index (χ1v) is 5.23. The zero-order valence-corrected chi connectivity index (χ0v) is 10.2. The molecule has 0 spiro atoms. The number of rotatable bonds is 1. The van der Waals surface area contributed by atoms with E-state index in [-0.39, 0.29) is 23.9 Å². The largest absolute Gasteiger partial charge is 1.00 e. The van der Waals surface area contributed by atoms with Crippen LogP contribution in [0.5, 0.6) is 11.5 Å². The van der Waals surface area contributed by atoms with E-state index in [1.807, 2.05) is 6.21 Å². The van der Waals surface area contributed by atoms with Crippen LogP contribution in [0.1, 0.15) is 25.0 Å². The van der Waals surface area contributed by atoms with Crippen molar-refractivity contribution in [2.45, 2.75) is 26.3 Å². The average Bonchev–Trinajstić information content (AvgIpc) is 2.19. The third kappa shape index (κ3) is 2.30. The first kappa shape index (κ1) is 12.8. The number of phenolic OH excluding ortho intramolecular Hbond substituents is 2. The van der Waals surface area contributed by atoms with Gasteiger partial charge in [-0.3, -0.25) is 0 Å². The van der Waals surface area contributed by atoms with Crippen molar-refractivity contribution in [1.82, 2.24) is 0 Å². The van der Waals surface area contributed by atoms with Crippen LogP contribution >= 0.6 is 0 Å². The Bertz CT molecular complexity index is 427. The van der Waals surface area contributed by atoms with Crippen molar-refractivity contribution in [3.8, 4) is 11.5 Å². The molecule has 88 valence electrons. The molecule has 0 bridgehead atoms. The highest BCUT2D eigenvalue weighted by atomic mass is 35.5. The second kappa shape index (κ2) is 4.74. The Balaban J connectivity index is 0.00000128. The quantitative estimate of drug-likeness (QED) is 0.464. The fourth-order valence-corrected chi connectivity index (χ4v) is 1.87. The summed E-state index contributed by atoms with van der Waals surface area (Å²) < 4.78 is 2.23. The van der Waals surface area contributed by atoms with Gasteiger partial charge in [-0.1, -0.05) is 0 Å². The van der Waals surface area contributed by atoms with Crippen LogP contribution in [0.25, 0.3) is 0 Å². The van der Waals surface area contributed by atoms with Gasteiger partial charge in [0.15, 0.2) is 17.7 Å². The minimum absolute atomic E-state index is 0. The molecule has 1 aromatic carbocycles. The zero-order valence-electron chi connectivity index (χ0n) is 9.44. The standard InChI is InChI=1S/C12H15NO2.ClH/c1-8(2)13-4-3-9-5-11(14)12(15)6-10(9)7-13;/h5-8,15H,3-4H2,1-2H3;1H. The predicted molar refractivity (Wildman–Crippen MR) is 58.9 cm³/mol. The number of benzene rings is 1. The van der Waals surface area contributed by atoms with Gasteiger partial charge in [0.25, 0.3) is 0 Å². The van der Waals surface area contributed by atoms with Gasteiger partial charge in [-0.25, -0.2) is 4.58 Å². The fourth-order valence-electron chi connectivity index (χ4n) is 1.87. The monoisotopic (exact) mass is 241 g/mol. The number of nitrogens with zero attached hydrogens (tertiary/aromatic N) is 1. The number of hydrogen-bond donors (Lipinski definition) is 2. The number of phenols is 2.